The van der Waals surface area contributed by atoms with Crippen molar-refractivity contribution in [3.05, 3.63) is 53.6 Å². The second kappa shape index (κ2) is 4.79. The quantitative estimate of drug-likeness (QED) is 0.640. The lowest BCUT2D eigenvalue weighted by Crippen LogP contribution is -2.05. The number of carbonyl (C=O) groups excluding carboxylic acids is 1. The first-order valence-corrected chi connectivity index (χ1v) is 5.39. The van der Waals surface area contributed by atoms with Crippen LogP contribution >= 0.6 is 0 Å². The SMILES string of the molecule is COc1cccc(C(=O)c2ccc(O)cc2N)c1. The summed E-state index contributed by atoms with van der Waals surface area (Å²) in [5, 5.41) is 9.26. The van der Waals surface area contributed by atoms with E-state index in [0.29, 0.717) is 16.9 Å². The number of benzene rings is 2. The Kier molecular flexibility index (Phi) is 3.19. The van der Waals surface area contributed by atoms with E-state index in [2.05, 4.69) is 0 Å². The average Bonchev–Trinajstić information content (AvgIpc) is 2.38. The Morgan fingerprint density at radius 3 is 2.67 bits per heavy atom. The molecule has 0 bridgehead atoms. The predicted molar refractivity (Wildman–Crippen MR) is 68.9 cm³/mol. The highest BCUT2D eigenvalue weighted by atomic mass is 16.5. The van der Waals surface area contributed by atoms with Crippen molar-refractivity contribution in [2.45, 2.75) is 0 Å². The van der Waals surface area contributed by atoms with Gasteiger partial charge in [-0.15, -0.1) is 0 Å². The molecule has 0 saturated heterocycles. The number of hydrogen-bond acceptors (Lipinski definition) is 4. The molecular formula is C14H13NO3. The van der Waals surface area contributed by atoms with Gasteiger partial charge in [-0.1, -0.05) is 12.1 Å². The molecule has 0 aliphatic carbocycles. The van der Waals surface area contributed by atoms with Gasteiger partial charge in [-0.05, 0) is 24.3 Å². The van der Waals surface area contributed by atoms with Crippen molar-refractivity contribution in [2.24, 2.45) is 0 Å². The number of ketones is 1. The van der Waals surface area contributed by atoms with E-state index in [-0.39, 0.29) is 17.2 Å². The summed E-state index contributed by atoms with van der Waals surface area (Å²) < 4.78 is 5.07. The first-order chi connectivity index (χ1) is 8.61. The first kappa shape index (κ1) is 12.0. The zero-order chi connectivity index (χ0) is 13.1. The highest BCUT2D eigenvalue weighted by Crippen LogP contribution is 2.23. The molecule has 2 aromatic rings. The molecule has 3 N–H and O–H groups in total. The van der Waals surface area contributed by atoms with Crippen LogP contribution in [0.4, 0.5) is 5.69 Å². The van der Waals surface area contributed by atoms with Gasteiger partial charge in [0.25, 0.3) is 0 Å². The molecule has 4 heteroatoms. The normalized spacial score (nSPS) is 10.1. The van der Waals surface area contributed by atoms with Crippen LogP contribution in [0.25, 0.3) is 0 Å². The molecule has 18 heavy (non-hydrogen) atoms. The summed E-state index contributed by atoms with van der Waals surface area (Å²) in [7, 11) is 1.54. The van der Waals surface area contributed by atoms with E-state index in [0.717, 1.165) is 0 Å². The molecular weight excluding hydrogens is 230 g/mol. The number of ether oxygens (including phenoxy) is 1. The van der Waals surface area contributed by atoms with Gasteiger partial charge in [0.05, 0.1) is 7.11 Å². The zero-order valence-corrected chi connectivity index (χ0v) is 9.88. The van der Waals surface area contributed by atoms with Gasteiger partial charge in [0, 0.05) is 22.9 Å². The summed E-state index contributed by atoms with van der Waals surface area (Å²) in [4.78, 5) is 12.2. The summed E-state index contributed by atoms with van der Waals surface area (Å²) in [6, 6.07) is 11.1. The smallest absolute Gasteiger partial charge is 0.195 e. The van der Waals surface area contributed by atoms with Gasteiger partial charge < -0.3 is 15.6 Å². The van der Waals surface area contributed by atoms with Gasteiger partial charge in [-0.2, -0.15) is 0 Å². The van der Waals surface area contributed by atoms with Gasteiger partial charge in [-0.25, -0.2) is 0 Å². The molecule has 0 spiro atoms. The largest absolute Gasteiger partial charge is 0.508 e. The number of phenols is 1. The molecule has 0 unspecified atom stereocenters. The number of methoxy groups -OCH3 is 1. The van der Waals surface area contributed by atoms with Gasteiger partial charge in [-0.3, -0.25) is 4.79 Å². The standard InChI is InChI=1S/C14H13NO3/c1-18-11-4-2-3-9(7-11)14(17)12-6-5-10(16)8-13(12)15/h2-8,16H,15H2,1H3. The van der Waals surface area contributed by atoms with Crippen LogP contribution in [0.3, 0.4) is 0 Å². The third-order valence-electron chi connectivity index (χ3n) is 2.61. The van der Waals surface area contributed by atoms with Crippen LogP contribution < -0.4 is 10.5 Å². The Bertz CT molecular complexity index is 593. The van der Waals surface area contributed by atoms with Crippen LogP contribution in [0.1, 0.15) is 15.9 Å². The Balaban J connectivity index is 2.41. The van der Waals surface area contributed by atoms with Crippen molar-refractivity contribution in [1.82, 2.24) is 0 Å². The Hall–Kier alpha value is -2.49. The van der Waals surface area contributed by atoms with E-state index in [1.54, 1.807) is 31.4 Å². The molecule has 2 rings (SSSR count). The first-order valence-electron chi connectivity index (χ1n) is 5.39. The number of hydrogen-bond donors (Lipinski definition) is 2. The topological polar surface area (TPSA) is 72.5 Å². The maximum absolute atomic E-state index is 12.2. The number of carbonyl (C=O) groups is 1. The minimum atomic E-state index is -0.202. The number of nitrogens with two attached hydrogens (primary N) is 1. The molecule has 92 valence electrons. The molecule has 2 aromatic carbocycles. The third-order valence-corrected chi connectivity index (χ3v) is 2.61. The van der Waals surface area contributed by atoms with Crippen LogP contribution in [0, 0.1) is 0 Å². The lowest BCUT2D eigenvalue weighted by Gasteiger charge is -2.06. The number of aromatic hydroxyl groups is 1. The van der Waals surface area contributed by atoms with Crippen LogP contribution in [0.5, 0.6) is 11.5 Å². The summed E-state index contributed by atoms with van der Waals surface area (Å²) in [6.45, 7) is 0. The van der Waals surface area contributed by atoms with Gasteiger partial charge >= 0.3 is 0 Å². The number of phenolic OH excluding ortho intramolecular Hbond substituents is 1. The van der Waals surface area contributed by atoms with E-state index in [1.165, 1.54) is 18.2 Å². The molecule has 4 nitrogen and oxygen atoms in total. The van der Waals surface area contributed by atoms with Crippen LogP contribution in [0.2, 0.25) is 0 Å². The second-order valence-electron chi connectivity index (χ2n) is 3.83. The monoisotopic (exact) mass is 243 g/mol. The third kappa shape index (κ3) is 2.27. The van der Waals surface area contributed by atoms with E-state index >= 15 is 0 Å². The maximum atomic E-state index is 12.2. The summed E-state index contributed by atoms with van der Waals surface area (Å²) in [5.74, 6) is 0.444. The van der Waals surface area contributed by atoms with Crippen LogP contribution in [-0.2, 0) is 0 Å². The molecule has 0 amide bonds. The van der Waals surface area contributed by atoms with Crippen molar-refractivity contribution >= 4 is 11.5 Å². The van der Waals surface area contributed by atoms with E-state index in [4.69, 9.17) is 10.5 Å². The summed E-state index contributed by atoms with van der Waals surface area (Å²) in [5.41, 5.74) is 6.83. The number of rotatable bonds is 3. The molecule has 0 radical (unpaired) electrons. The van der Waals surface area contributed by atoms with Gasteiger partial charge in [0.15, 0.2) is 5.78 Å². The molecule has 0 aliphatic heterocycles. The molecule has 0 aliphatic rings. The van der Waals surface area contributed by atoms with Crippen LogP contribution in [-0.4, -0.2) is 18.0 Å². The van der Waals surface area contributed by atoms with Crippen molar-refractivity contribution in [1.29, 1.82) is 0 Å². The highest BCUT2D eigenvalue weighted by Gasteiger charge is 2.13. The molecule has 0 fully saturated rings. The number of nitrogen functional groups attached to an aromatic ring is 1. The highest BCUT2D eigenvalue weighted by molar-refractivity contribution is 6.12. The molecule has 0 atom stereocenters. The minimum absolute atomic E-state index is 0.0368. The summed E-state index contributed by atoms with van der Waals surface area (Å²) in [6.07, 6.45) is 0. The fourth-order valence-corrected chi connectivity index (χ4v) is 1.68. The van der Waals surface area contributed by atoms with Gasteiger partial charge in [0.2, 0.25) is 0 Å². The average molecular weight is 243 g/mol. The Labute approximate surface area is 105 Å². The number of anilines is 1. The van der Waals surface area contributed by atoms with Crippen molar-refractivity contribution in [3.63, 3.8) is 0 Å². The van der Waals surface area contributed by atoms with Crippen molar-refractivity contribution in [2.75, 3.05) is 12.8 Å². The molecule has 0 aromatic heterocycles. The second-order valence-corrected chi connectivity index (χ2v) is 3.83. The lowest BCUT2D eigenvalue weighted by molar-refractivity contribution is 0.103. The van der Waals surface area contributed by atoms with E-state index in [9.17, 15) is 9.90 Å². The van der Waals surface area contributed by atoms with E-state index in [1.807, 2.05) is 0 Å². The Morgan fingerprint density at radius 2 is 2.00 bits per heavy atom. The maximum Gasteiger partial charge on any atom is 0.195 e. The van der Waals surface area contributed by atoms with E-state index < -0.39 is 0 Å². The Morgan fingerprint density at radius 1 is 1.22 bits per heavy atom. The fourth-order valence-electron chi connectivity index (χ4n) is 1.68. The molecule has 0 saturated carbocycles. The fraction of sp³-hybridized carbons (Fsp3) is 0.0714. The van der Waals surface area contributed by atoms with Gasteiger partial charge in [0.1, 0.15) is 11.5 Å². The minimum Gasteiger partial charge on any atom is -0.508 e. The lowest BCUT2D eigenvalue weighted by atomic mass is 10.0. The zero-order valence-electron chi connectivity index (χ0n) is 9.88. The molecule has 0 heterocycles. The van der Waals surface area contributed by atoms with Crippen molar-refractivity contribution < 1.29 is 14.6 Å². The van der Waals surface area contributed by atoms with Crippen molar-refractivity contribution in [3.8, 4) is 11.5 Å². The predicted octanol–water partition coefficient (Wildman–Crippen LogP) is 2.21. The van der Waals surface area contributed by atoms with Crippen LogP contribution in [0.15, 0.2) is 42.5 Å². The summed E-state index contributed by atoms with van der Waals surface area (Å²) >= 11 is 0.